The van der Waals surface area contributed by atoms with E-state index in [9.17, 15) is 13.2 Å². The Morgan fingerprint density at radius 3 is 2.59 bits per heavy atom. The van der Waals surface area contributed by atoms with Crippen LogP contribution < -0.4 is 14.8 Å². The van der Waals surface area contributed by atoms with E-state index in [-0.39, 0.29) is 0 Å². The summed E-state index contributed by atoms with van der Waals surface area (Å²) in [6.07, 6.45) is 4.41. The number of benzene rings is 1. The number of hydrogen-bond donors (Lipinski definition) is 2. The third-order valence-corrected chi connectivity index (χ3v) is 7.17. The van der Waals surface area contributed by atoms with Gasteiger partial charge in [-0.1, -0.05) is 6.07 Å². The Bertz CT molecular complexity index is 1060. The van der Waals surface area contributed by atoms with Crippen LogP contribution in [0.3, 0.4) is 0 Å². The highest BCUT2D eigenvalue weighted by Gasteiger charge is 2.31. The molecule has 2 amide bonds. The fourth-order valence-corrected chi connectivity index (χ4v) is 4.10. The number of amides is 2. The Kier molecular flexibility index (Phi) is 5.58. The zero-order valence-electron chi connectivity index (χ0n) is 17.4. The Hall–Kier alpha value is -2.61. The zero-order valence-corrected chi connectivity index (χ0v) is 18.2. The predicted molar refractivity (Wildman–Crippen MR) is 114 cm³/mol. The summed E-state index contributed by atoms with van der Waals surface area (Å²) < 4.78 is 31.1. The topological polar surface area (TPSA) is 97.4 Å². The summed E-state index contributed by atoms with van der Waals surface area (Å²) in [6.45, 7) is 6.61. The van der Waals surface area contributed by atoms with Crippen molar-refractivity contribution in [2.45, 2.75) is 51.7 Å². The molecule has 0 spiro atoms. The van der Waals surface area contributed by atoms with E-state index in [2.05, 4.69) is 21.1 Å². The molecule has 0 fully saturated rings. The molecule has 29 heavy (non-hydrogen) atoms. The molecule has 0 saturated carbocycles. The number of carbonyl (C=O) groups excluding carboxylic acids is 1. The number of urea groups is 1. The van der Waals surface area contributed by atoms with Crippen LogP contribution in [-0.2, 0) is 22.9 Å². The Balaban J connectivity index is 2.07. The van der Waals surface area contributed by atoms with Crippen LogP contribution >= 0.6 is 0 Å². The number of methoxy groups -OCH3 is 1. The Labute approximate surface area is 171 Å². The molecule has 3 rings (SSSR count). The largest absolute Gasteiger partial charge is 0.481 e. The van der Waals surface area contributed by atoms with Crippen molar-refractivity contribution in [3.05, 3.63) is 41.1 Å². The van der Waals surface area contributed by atoms with Crippen LogP contribution in [0.1, 0.15) is 43.9 Å². The molecule has 1 aromatic carbocycles. The van der Waals surface area contributed by atoms with Gasteiger partial charge in [-0.3, -0.25) is 0 Å². The lowest BCUT2D eigenvalue weighted by molar-refractivity contribution is 0.256. The second kappa shape index (κ2) is 7.67. The number of nitrogens with zero attached hydrogens (tertiary/aromatic N) is 1. The van der Waals surface area contributed by atoms with Gasteiger partial charge in [-0.15, -0.1) is 0 Å². The maximum absolute atomic E-state index is 12.7. The summed E-state index contributed by atoms with van der Waals surface area (Å²) in [7, 11) is -2.27. The van der Waals surface area contributed by atoms with Crippen molar-refractivity contribution < 1.29 is 17.9 Å². The number of rotatable bonds is 4. The van der Waals surface area contributed by atoms with Gasteiger partial charge in [0, 0.05) is 17.8 Å². The molecule has 0 atom stereocenters. The van der Waals surface area contributed by atoms with Crippen molar-refractivity contribution in [2.24, 2.45) is 0 Å². The fourth-order valence-electron chi connectivity index (χ4n) is 3.49. The van der Waals surface area contributed by atoms with Gasteiger partial charge < -0.3 is 10.1 Å². The van der Waals surface area contributed by atoms with Gasteiger partial charge in [0.1, 0.15) is 0 Å². The van der Waals surface area contributed by atoms with Gasteiger partial charge >= 0.3 is 6.03 Å². The molecule has 1 heterocycles. The van der Waals surface area contributed by atoms with Crippen LogP contribution in [-0.4, -0.2) is 31.3 Å². The van der Waals surface area contributed by atoms with E-state index in [4.69, 9.17) is 4.74 Å². The number of nitrogens with one attached hydrogen (secondary N) is 2. The molecule has 0 bridgehead atoms. The second-order valence-corrected chi connectivity index (χ2v) is 10.6. The molecule has 2 aromatic rings. The van der Waals surface area contributed by atoms with Crippen molar-refractivity contribution >= 4 is 21.7 Å². The third kappa shape index (κ3) is 4.22. The van der Waals surface area contributed by atoms with Gasteiger partial charge in [-0.25, -0.2) is 22.9 Å². The minimum absolute atomic E-state index is 0.466. The molecule has 7 nitrogen and oxygen atoms in total. The molecule has 1 aromatic heterocycles. The lowest BCUT2D eigenvalue weighted by Gasteiger charge is -2.22. The molecule has 2 N–H and O–H groups in total. The standard InChI is InChI=1S/C21H27N3O4S/c1-13-11-14-7-6-8-16(14)19(18(13)15-9-10-22-17(12-15)28-5)23-20(25)24-29(26,27)21(2,3)4/h9-12H,6-8H2,1-5H3,(H2,23,24,25). The maximum atomic E-state index is 12.7. The van der Waals surface area contributed by atoms with Crippen LogP contribution in [0.25, 0.3) is 11.1 Å². The van der Waals surface area contributed by atoms with Gasteiger partial charge in [-0.2, -0.15) is 0 Å². The molecule has 0 saturated heterocycles. The van der Waals surface area contributed by atoms with Crippen LogP contribution in [0.4, 0.5) is 10.5 Å². The van der Waals surface area contributed by atoms with E-state index in [0.717, 1.165) is 41.5 Å². The third-order valence-electron chi connectivity index (χ3n) is 5.10. The van der Waals surface area contributed by atoms with Gasteiger partial charge in [0.25, 0.3) is 0 Å². The lowest BCUT2D eigenvalue weighted by atomic mass is 9.93. The molecular weight excluding hydrogens is 390 g/mol. The van der Waals surface area contributed by atoms with Crippen LogP contribution in [0.5, 0.6) is 5.88 Å². The number of hydrogen-bond acceptors (Lipinski definition) is 5. The zero-order chi connectivity index (χ0) is 21.4. The highest BCUT2D eigenvalue weighted by Crippen LogP contribution is 2.40. The van der Waals surface area contributed by atoms with E-state index in [1.54, 1.807) is 40.1 Å². The summed E-state index contributed by atoms with van der Waals surface area (Å²) >= 11 is 0. The van der Waals surface area contributed by atoms with E-state index in [1.807, 2.05) is 13.0 Å². The lowest BCUT2D eigenvalue weighted by Crippen LogP contribution is -2.44. The van der Waals surface area contributed by atoms with Gasteiger partial charge in [0.2, 0.25) is 15.9 Å². The first-order valence-corrected chi connectivity index (χ1v) is 11.0. The highest BCUT2D eigenvalue weighted by atomic mass is 32.2. The maximum Gasteiger partial charge on any atom is 0.332 e. The second-order valence-electron chi connectivity index (χ2n) is 8.19. The quantitative estimate of drug-likeness (QED) is 0.788. The molecule has 0 unspecified atom stereocenters. The minimum atomic E-state index is -3.82. The number of aryl methyl sites for hydroxylation is 2. The average Bonchev–Trinajstić information content (AvgIpc) is 3.08. The van der Waals surface area contributed by atoms with Gasteiger partial charge in [0.05, 0.1) is 17.5 Å². The first-order valence-electron chi connectivity index (χ1n) is 9.52. The fraction of sp³-hybridized carbons (Fsp3) is 0.429. The monoisotopic (exact) mass is 417 g/mol. The van der Waals surface area contributed by atoms with Crippen LogP contribution in [0, 0.1) is 6.92 Å². The summed E-state index contributed by atoms with van der Waals surface area (Å²) in [5.74, 6) is 0.466. The minimum Gasteiger partial charge on any atom is -0.481 e. The summed E-state index contributed by atoms with van der Waals surface area (Å²) in [6, 6.07) is 5.03. The number of aromatic nitrogens is 1. The molecule has 0 aliphatic heterocycles. The molecule has 8 heteroatoms. The summed E-state index contributed by atoms with van der Waals surface area (Å²) in [5.41, 5.74) is 5.55. The number of ether oxygens (including phenoxy) is 1. The van der Waals surface area contributed by atoms with E-state index < -0.39 is 20.8 Å². The van der Waals surface area contributed by atoms with Crippen molar-refractivity contribution in [2.75, 3.05) is 12.4 Å². The summed E-state index contributed by atoms with van der Waals surface area (Å²) in [4.78, 5) is 16.8. The van der Waals surface area contributed by atoms with Crippen LogP contribution in [0.15, 0.2) is 24.4 Å². The van der Waals surface area contributed by atoms with E-state index in [1.165, 1.54) is 5.56 Å². The molecule has 0 radical (unpaired) electrons. The SMILES string of the molecule is COc1cc(-c2c(C)cc3c(c2NC(=O)NS(=O)(=O)C(C)(C)C)CCC3)ccn1. The number of anilines is 1. The molecule has 156 valence electrons. The van der Waals surface area contributed by atoms with E-state index >= 15 is 0 Å². The van der Waals surface area contributed by atoms with Crippen molar-refractivity contribution in [1.29, 1.82) is 0 Å². The first-order chi connectivity index (χ1) is 13.5. The number of sulfonamides is 1. The van der Waals surface area contributed by atoms with Crippen LogP contribution in [0.2, 0.25) is 0 Å². The van der Waals surface area contributed by atoms with E-state index in [0.29, 0.717) is 11.6 Å². The van der Waals surface area contributed by atoms with Gasteiger partial charge in [0.15, 0.2) is 0 Å². The van der Waals surface area contributed by atoms with Crippen molar-refractivity contribution in [1.82, 2.24) is 9.71 Å². The first kappa shape index (κ1) is 21.1. The molecule has 1 aliphatic carbocycles. The average molecular weight is 418 g/mol. The normalized spacial score (nSPS) is 13.7. The Morgan fingerprint density at radius 1 is 1.21 bits per heavy atom. The highest BCUT2D eigenvalue weighted by molar-refractivity contribution is 7.91. The molecule has 1 aliphatic rings. The number of carbonyl (C=O) groups is 1. The van der Waals surface area contributed by atoms with Crippen molar-refractivity contribution in [3.8, 4) is 17.0 Å². The van der Waals surface area contributed by atoms with Gasteiger partial charge in [-0.05, 0) is 75.3 Å². The smallest absolute Gasteiger partial charge is 0.332 e. The molecular formula is C21H27N3O4S. The summed E-state index contributed by atoms with van der Waals surface area (Å²) in [5, 5.41) is 2.83. The van der Waals surface area contributed by atoms with Crippen molar-refractivity contribution in [3.63, 3.8) is 0 Å². The number of pyridine rings is 1. The number of fused-ring (bicyclic) bond motifs is 1. The predicted octanol–water partition coefficient (Wildman–Crippen LogP) is 3.80. The Morgan fingerprint density at radius 2 is 1.93 bits per heavy atom.